The Balaban J connectivity index is 1.18. The molecule has 7 nitrogen and oxygen atoms in total. The first-order valence-electron chi connectivity index (χ1n) is 11.7. The number of aryl methyl sites for hydroxylation is 1. The van der Waals surface area contributed by atoms with Crippen LogP contribution in [-0.4, -0.2) is 45.5 Å². The number of anilines is 1. The minimum atomic E-state index is 0.175. The van der Waals surface area contributed by atoms with E-state index < -0.39 is 0 Å². The van der Waals surface area contributed by atoms with E-state index in [0.29, 0.717) is 29.2 Å². The first kappa shape index (κ1) is 20.2. The Labute approximate surface area is 192 Å². The van der Waals surface area contributed by atoms with Gasteiger partial charge in [-0.05, 0) is 66.8 Å². The smallest absolute Gasteiger partial charge is 0.192 e. The number of fused-ring (bicyclic) bond motifs is 1. The third-order valence-corrected chi connectivity index (χ3v) is 6.84. The molecule has 168 valence electrons. The highest BCUT2D eigenvalue weighted by Gasteiger charge is 2.27. The molecule has 0 spiro atoms. The summed E-state index contributed by atoms with van der Waals surface area (Å²) in [5.41, 5.74) is 4.75. The molecule has 0 bridgehead atoms. The fourth-order valence-corrected chi connectivity index (χ4v) is 4.80. The number of aromatic hydroxyl groups is 1. The molecule has 2 aliphatic rings. The van der Waals surface area contributed by atoms with Crippen molar-refractivity contribution in [3.8, 4) is 28.1 Å². The first-order valence-corrected chi connectivity index (χ1v) is 11.7. The third kappa shape index (κ3) is 3.93. The highest BCUT2D eigenvalue weighted by atomic mass is 16.3. The Hall–Kier alpha value is -3.45. The highest BCUT2D eigenvalue weighted by molar-refractivity contribution is 5.82. The van der Waals surface area contributed by atoms with Crippen LogP contribution in [0.5, 0.6) is 5.75 Å². The summed E-state index contributed by atoms with van der Waals surface area (Å²) in [5.74, 6) is 1.71. The fraction of sp³-hybridized carbons (Fsp3) is 0.346. The van der Waals surface area contributed by atoms with Crippen LogP contribution in [0, 0.1) is 6.92 Å². The average Bonchev–Trinajstić information content (AvgIpc) is 3.41. The molecule has 7 heteroatoms. The standard InChI is InChI=1S/C26H27N5O2/c1-16-27-23-8-6-18(14-25(23)33-16)17-5-7-21(24(32)13-17)22-9-10-26(30-29-22)31-12-11-20(15-31)28-19-3-2-4-19/h5-10,13-14,19-20,28,32H,2-4,11-12,15H2,1H3. The van der Waals surface area contributed by atoms with Crippen LogP contribution in [0.3, 0.4) is 0 Å². The Kier molecular flexibility index (Phi) is 4.99. The number of phenolic OH excluding ortho intramolecular Hbond substituents is 1. The van der Waals surface area contributed by atoms with Crippen LogP contribution in [0.1, 0.15) is 31.6 Å². The minimum Gasteiger partial charge on any atom is -0.507 e. The number of benzene rings is 2. The molecule has 2 aromatic heterocycles. The second-order valence-corrected chi connectivity index (χ2v) is 9.15. The molecule has 0 amide bonds. The maximum absolute atomic E-state index is 10.7. The number of oxazole rings is 1. The van der Waals surface area contributed by atoms with Crippen molar-refractivity contribution in [1.29, 1.82) is 0 Å². The van der Waals surface area contributed by atoms with E-state index >= 15 is 0 Å². The number of rotatable bonds is 5. The number of nitrogens with one attached hydrogen (secondary N) is 1. The summed E-state index contributed by atoms with van der Waals surface area (Å²) < 4.78 is 5.64. The van der Waals surface area contributed by atoms with Crippen molar-refractivity contribution in [2.45, 2.75) is 44.7 Å². The molecule has 2 fully saturated rings. The van der Waals surface area contributed by atoms with Gasteiger partial charge in [-0.2, -0.15) is 0 Å². The van der Waals surface area contributed by atoms with Gasteiger partial charge < -0.3 is 19.7 Å². The summed E-state index contributed by atoms with van der Waals surface area (Å²) in [6.45, 7) is 3.80. The van der Waals surface area contributed by atoms with Crippen LogP contribution in [0.15, 0.2) is 52.9 Å². The summed E-state index contributed by atoms with van der Waals surface area (Å²) in [5, 5.41) is 23.4. The van der Waals surface area contributed by atoms with E-state index in [1.165, 1.54) is 19.3 Å². The SMILES string of the molecule is Cc1nc2ccc(-c3ccc(-c4ccc(N5CCC(NC6CCC6)C5)nn4)c(O)c3)cc2o1. The number of hydrogen-bond acceptors (Lipinski definition) is 7. The molecule has 1 aliphatic heterocycles. The fourth-order valence-electron chi connectivity index (χ4n) is 4.80. The lowest BCUT2D eigenvalue weighted by Crippen LogP contribution is -2.43. The topological polar surface area (TPSA) is 87.3 Å². The summed E-state index contributed by atoms with van der Waals surface area (Å²) in [4.78, 5) is 6.63. The van der Waals surface area contributed by atoms with Gasteiger partial charge in [0.2, 0.25) is 0 Å². The van der Waals surface area contributed by atoms with Gasteiger partial charge in [0, 0.05) is 37.7 Å². The van der Waals surface area contributed by atoms with Gasteiger partial charge >= 0.3 is 0 Å². The molecule has 6 rings (SSSR count). The first-order chi connectivity index (χ1) is 16.1. The molecule has 2 aromatic carbocycles. The van der Waals surface area contributed by atoms with Crippen LogP contribution in [0.25, 0.3) is 33.5 Å². The summed E-state index contributed by atoms with van der Waals surface area (Å²) >= 11 is 0. The van der Waals surface area contributed by atoms with Gasteiger partial charge in [0.1, 0.15) is 11.3 Å². The van der Waals surface area contributed by atoms with Gasteiger partial charge in [0.25, 0.3) is 0 Å². The number of aromatic nitrogens is 3. The highest BCUT2D eigenvalue weighted by Crippen LogP contribution is 2.34. The molecule has 1 atom stereocenters. The normalized spacial score (nSPS) is 18.7. The monoisotopic (exact) mass is 441 g/mol. The molecular weight excluding hydrogens is 414 g/mol. The summed E-state index contributed by atoms with van der Waals surface area (Å²) in [6.07, 6.45) is 5.11. The second kappa shape index (κ2) is 8.15. The maximum Gasteiger partial charge on any atom is 0.192 e. The number of phenols is 1. The predicted octanol–water partition coefficient (Wildman–Crippen LogP) is 4.69. The lowest BCUT2D eigenvalue weighted by Gasteiger charge is -2.29. The molecule has 1 saturated carbocycles. The number of nitrogens with zero attached hydrogens (tertiary/aromatic N) is 4. The van der Waals surface area contributed by atoms with Gasteiger partial charge in [-0.1, -0.05) is 18.6 Å². The van der Waals surface area contributed by atoms with E-state index in [0.717, 1.165) is 47.6 Å². The Morgan fingerprint density at radius 2 is 1.82 bits per heavy atom. The molecule has 33 heavy (non-hydrogen) atoms. The summed E-state index contributed by atoms with van der Waals surface area (Å²) in [6, 6.07) is 16.7. The zero-order valence-corrected chi connectivity index (χ0v) is 18.7. The molecule has 2 N–H and O–H groups in total. The molecular formula is C26H27N5O2. The predicted molar refractivity (Wildman–Crippen MR) is 128 cm³/mol. The van der Waals surface area contributed by atoms with Crippen molar-refractivity contribution in [1.82, 2.24) is 20.5 Å². The van der Waals surface area contributed by atoms with E-state index in [-0.39, 0.29) is 5.75 Å². The second-order valence-electron chi connectivity index (χ2n) is 9.15. The lowest BCUT2D eigenvalue weighted by molar-refractivity contribution is 0.311. The maximum atomic E-state index is 10.7. The third-order valence-electron chi connectivity index (χ3n) is 6.84. The van der Waals surface area contributed by atoms with Gasteiger partial charge in [-0.25, -0.2) is 4.98 Å². The van der Waals surface area contributed by atoms with Gasteiger partial charge in [-0.15, -0.1) is 10.2 Å². The van der Waals surface area contributed by atoms with Crippen LogP contribution in [0.2, 0.25) is 0 Å². The minimum absolute atomic E-state index is 0.175. The zero-order valence-electron chi connectivity index (χ0n) is 18.7. The van der Waals surface area contributed by atoms with Gasteiger partial charge in [0.15, 0.2) is 17.3 Å². The average molecular weight is 442 g/mol. The van der Waals surface area contributed by atoms with Crippen LogP contribution in [0.4, 0.5) is 5.82 Å². The molecule has 0 radical (unpaired) electrons. The van der Waals surface area contributed by atoms with Crippen molar-refractivity contribution in [3.05, 3.63) is 54.4 Å². The summed E-state index contributed by atoms with van der Waals surface area (Å²) in [7, 11) is 0. The van der Waals surface area contributed by atoms with Crippen LogP contribution >= 0.6 is 0 Å². The van der Waals surface area contributed by atoms with Crippen LogP contribution in [-0.2, 0) is 0 Å². The quantitative estimate of drug-likeness (QED) is 0.465. The van der Waals surface area contributed by atoms with E-state index in [4.69, 9.17) is 4.42 Å². The van der Waals surface area contributed by atoms with E-state index in [9.17, 15) is 5.11 Å². The molecule has 4 aromatic rings. The van der Waals surface area contributed by atoms with Crippen molar-refractivity contribution in [3.63, 3.8) is 0 Å². The molecule has 3 heterocycles. The molecule has 1 saturated heterocycles. The number of hydrogen-bond donors (Lipinski definition) is 2. The Bertz CT molecular complexity index is 1300. The van der Waals surface area contributed by atoms with Crippen molar-refractivity contribution >= 4 is 16.9 Å². The zero-order chi connectivity index (χ0) is 22.4. The molecule has 1 unspecified atom stereocenters. The largest absolute Gasteiger partial charge is 0.507 e. The van der Waals surface area contributed by atoms with Crippen LogP contribution < -0.4 is 10.2 Å². The van der Waals surface area contributed by atoms with Gasteiger partial charge in [0.05, 0.1) is 5.69 Å². The van der Waals surface area contributed by atoms with E-state index in [2.05, 4.69) is 25.4 Å². The van der Waals surface area contributed by atoms with Crippen molar-refractivity contribution in [2.75, 3.05) is 18.0 Å². The van der Waals surface area contributed by atoms with Crippen molar-refractivity contribution < 1.29 is 9.52 Å². The molecule has 1 aliphatic carbocycles. The van der Waals surface area contributed by atoms with Crippen molar-refractivity contribution in [2.24, 2.45) is 0 Å². The van der Waals surface area contributed by atoms with Gasteiger partial charge in [-0.3, -0.25) is 0 Å². The Morgan fingerprint density at radius 1 is 0.970 bits per heavy atom. The Morgan fingerprint density at radius 3 is 2.58 bits per heavy atom. The van der Waals surface area contributed by atoms with E-state index in [1.807, 2.05) is 49.4 Å². The lowest BCUT2D eigenvalue weighted by atomic mass is 9.92. The van der Waals surface area contributed by atoms with E-state index in [1.54, 1.807) is 6.07 Å².